The number of nitrogens with two attached hydrogens (primary N) is 1. The molecule has 0 aliphatic heterocycles. The van der Waals surface area contributed by atoms with E-state index in [2.05, 4.69) is 12.2 Å². The first-order valence-electron chi connectivity index (χ1n) is 5.23. The predicted molar refractivity (Wildman–Crippen MR) is 54.7 cm³/mol. The van der Waals surface area contributed by atoms with Gasteiger partial charge in [-0.15, -0.1) is 0 Å². The largest absolute Gasteiger partial charge is 0.383 e. The van der Waals surface area contributed by atoms with Gasteiger partial charge in [-0.05, 0) is 31.7 Å². The van der Waals surface area contributed by atoms with E-state index in [-0.39, 0.29) is 5.54 Å². The van der Waals surface area contributed by atoms with Crippen molar-refractivity contribution in [3.8, 4) is 0 Å². The van der Waals surface area contributed by atoms with E-state index < -0.39 is 0 Å². The zero-order valence-electron chi connectivity index (χ0n) is 8.81. The van der Waals surface area contributed by atoms with Crippen LogP contribution >= 0.6 is 0 Å². The lowest BCUT2D eigenvalue weighted by Gasteiger charge is -2.33. The first kappa shape index (κ1) is 11.0. The number of ether oxygens (including phenoxy) is 1. The molecule has 3 nitrogen and oxygen atoms in total. The molecule has 1 rings (SSSR count). The highest BCUT2D eigenvalue weighted by Gasteiger charge is 2.43. The average Bonchev–Trinajstić information content (AvgIpc) is 2.96. The van der Waals surface area contributed by atoms with Gasteiger partial charge in [-0.25, -0.2) is 0 Å². The van der Waals surface area contributed by atoms with Gasteiger partial charge < -0.3 is 15.8 Å². The van der Waals surface area contributed by atoms with Crippen molar-refractivity contribution in [2.75, 3.05) is 26.8 Å². The third-order valence-electron chi connectivity index (χ3n) is 2.85. The van der Waals surface area contributed by atoms with Gasteiger partial charge in [0.25, 0.3) is 0 Å². The summed E-state index contributed by atoms with van der Waals surface area (Å²) in [4.78, 5) is 0. The third kappa shape index (κ3) is 2.66. The van der Waals surface area contributed by atoms with E-state index in [0.29, 0.717) is 6.54 Å². The normalized spacial score (nSPS) is 21.5. The molecule has 0 radical (unpaired) electrons. The molecule has 1 unspecified atom stereocenters. The molecule has 1 saturated carbocycles. The molecule has 0 amide bonds. The van der Waals surface area contributed by atoms with Crippen molar-refractivity contribution < 1.29 is 4.74 Å². The number of hydrogen-bond acceptors (Lipinski definition) is 3. The summed E-state index contributed by atoms with van der Waals surface area (Å²) in [6.45, 7) is 4.64. The van der Waals surface area contributed by atoms with Crippen LogP contribution < -0.4 is 11.1 Å². The van der Waals surface area contributed by atoms with Gasteiger partial charge in [0.1, 0.15) is 0 Å². The van der Waals surface area contributed by atoms with E-state index in [4.69, 9.17) is 10.5 Å². The average molecular weight is 186 g/mol. The topological polar surface area (TPSA) is 47.3 Å². The molecule has 0 heterocycles. The molecule has 3 heteroatoms. The van der Waals surface area contributed by atoms with E-state index in [1.165, 1.54) is 12.8 Å². The predicted octanol–water partition coefficient (Wildman–Crippen LogP) is 0.740. The van der Waals surface area contributed by atoms with Crippen LogP contribution in [0.3, 0.4) is 0 Å². The van der Waals surface area contributed by atoms with Gasteiger partial charge in [0.15, 0.2) is 0 Å². The lowest BCUT2D eigenvalue weighted by molar-refractivity contribution is 0.0989. The minimum atomic E-state index is 0.0603. The van der Waals surface area contributed by atoms with E-state index in [1.807, 2.05) is 0 Å². The Morgan fingerprint density at radius 1 is 1.54 bits per heavy atom. The molecule has 0 aromatic heterocycles. The fourth-order valence-corrected chi connectivity index (χ4v) is 1.88. The monoisotopic (exact) mass is 186 g/mol. The smallest absolute Gasteiger partial charge is 0.0659 e. The van der Waals surface area contributed by atoms with Crippen LogP contribution in [-0.2, 0) is 4.74 Å². The summed E-state index contributed by atoms with van der Waals surface area (Å²) in [6.07, 6.45) is 3.76. The second-order valence-electron chi connectivity index (χ2n) is 3.99. The van der Waals surface area contributed by atoms with E-state index in [9.17, 15) is 0 Å². The second-order valence-corrected chi connectivity index (χ2v) is 3.99. The summed E-state index contributed by atoms with van der Waals surface area (Å²) in [6, 6.07) is 0. The number of nitrogens with one attached hydrogen (secondary N) is 1. The van der Waals surface area contributed by atoms with Crippen LogP contribution in [0.2, 0.25) is 0 Å². The van der Waals surface area contributed by atoms with Crippen molar-refractivity contribution >= 4 is 0 Å². The van der Waals surface area contributed by atoms with Gasteiger partial charge in [0.2, 0.25) is 0 Å². The maximum absolute atomic E-state index is 5.83. The van der Waals surface area contributed by atoms with Gasteiger partial charge in [-0.3, -0.25) is 0 Å². The molecule has 1 atom stereocenters. The number of rotatable bonds is 7. The Hall–Kier alpha value is -0.120. The lowest BCUT2D eigenvalue weighted by Crippen LogP contribution is -2.56. The Bertz CT molecular complexity index is 148. The maximum atomic E-state index is 5.83. The Labute approximate surface area is 81.0 Å². The first-order valence-corrected chi connectivity index (χ1v) is 5.23. The summed E-state index contributed by atoms with van der Waals surface area (Å²) in [5, 5.41) is 3.55. The summed E-state index contributed by atoms with van der Waals surface area (Å²) in [7, 11) is 1.75. The summed E-state index contributed by atoms with van der Waals surface area (Å²) in [5.74, 6) is 0.740. The minimum absolute atomic E-state index is 0.0603. The van der Waals surface area contributed by atoms with Crippen LogP contribution in [0.5, 0.6) is 0 Å². The molecule has 0 saturated heterocycles. The van der Waals surface area contributed by atoms with Crippen molar-refractivity contribution in [2.24, 2.45) is 11.7 Å². The Morgan fingerprint density at radius 2 is 2.23 bits per heavy atom. The maximum Gasteiger partial charge on any atom is 0.0659 e. The standard InChI is InChI=1S/C10H22N2O/c1-3-6-12-10(7-11,8-13-2)9-4-5-9/h9,12H,3-8,11H2,1-2H3. The van der Waals surface area contributed by atoms with Crippen molar-refractivity contribution in [1.82, 2.24) is 5.32 Å². The van der Waals surface area contributed by atoms with Gasteiger partial charge >= 0.3 is 0 Å². The molecule has 1 aliphatic carbocycles. The van der Waals surface area contributed by atoms with Crippen molar-refractivity contribution in [2.45, 2.75) is 31.7 Å². The molecular weight excluding hydrogens is 164 g/mol. The third-order valence-corrected chi connectivity index (χ3v) is 2.85. The highest BCUT2D eigenvalue weighted by Crippen LogP contribution is 2.39. The Balaban J connectivity index is 2.47. The number of hydrogen-bond donors (Lipinski definition) is 2. The SMILES string of the molecule is CCCNC(CN)(COC)C1CC1. The molecule has 0 aromatic carbocycles. The lowest BCUT2D eigenvalue weighted by atomic mass is 9.94. The molecule has 0 bridgehead atoms. The van der Waals surface area contributed by atoms with Gasteiger partial charge in [0.05, 0.1) is 12.1 Å². The molecule has 1 fully saturated rings. The molecule has 0 spiro atoms. The van der Waals surface area contributed by atoms with Gasteiger partial charge in [0, 0.05) is 13.7 Å². The van der Waals surface area contributed by atoms with Crippen molar-refractivity contribution in [1.29, 1.82) is 0 Å². The van der Waals surface area contributed by atoms with E-state index in [1.54, 1.807) is 7.11 Å². The van der Waals surface area contributed by atoms with Crippen molar-refractivity contribution in [3.05, 3.63) is 0 Å². The second kappa shape index (κ2) is 4.94. The highest BCUT2D eigenvalue weighted by molar-refractivity contribution is 5.01. The summed E-state index contributed by atoms with van der Waals surface area (Å²) < 4.78 is 5.25. The minimum Gasteiger partial charge on any atom is -0.383 e. The van der Waals surface area contributed by atoms with Crippen LogP contribution in [0.4, 0.5) is 0 Å². The first-order chi connectivity index (χ1) is 6.29. The highest BCUT2D eigenvalue weighted by atomic mass is 16.5. The van der Waals surface area contributed by atoms with Crippen molar-refractivity contribution in [3.63, 3.8) is 0 Å². The fraction of sp³-hybridized carbons (Fsp3) is 1.00. The molecule has 3 N–H and O–H groups in total. The van der Waals surface area contributed by atoms with Crippen LogP contribution in [0.15, 0.2) is 0 Å². The van der Waals surface area contributed by atoms with E-state index in [0.717, 1.165) is 25.5 Å². The molecule has 13 heavy (non-hydrogen) atoms. The summed E-state index contributed by atoms with van der Waals surface area (Å²) in [5.41, 5.74) is 5.89. The Kier molecular flexibility index (Phi) is 4.16. The summed E-state index contributed by atoms with van der Waals surface area (Å²) >= 11 is 0. The van der Waals surface area contributed by atoms with Gasteiger partial charge in [-0.1, -0.05) is 6.92 Å². The molecule has 1 aliphatic rings. The molecule has 0 aromatic rings. The van der Waals surface area contributed by atoms with Crippen LogP contribution in [0, 0.1) is 5.92 Å². The molecular formula is C10H22N2O. The Morgan fingerprint density at radius 3 is 2.62 bits per heavy atom. The number of methoxy groups -OCH3 is 1. The van der Waals surface area contributed by atoms with E-state index >= 15 is 0 Å². The zero-order chi connectivity index (χ0) is 9.73. The molecule has 78 valence electrons. The fourth-order valence-electron chi connectivity index (χ4n) is 1.88. The van der Waals surface area contributed by atoms with Crippen LogP contribution in [0.25, 0.3) is 0 Å². The van der Waals surface area contributed by atoms with Gasteiger partial charge in [-0.2, -0.15) is 0 Å². The zero-order valence-corrected chi connectivity index (χ0v) is 8.81. The van der Waals surface area contributed by atoms with Crippen LogP contribution in [-0.4, -0.2) is 32.3 Å². The van der Waals surface area contributed by atoms with Crippen LogP contribution in [0.1, 0.15) is 26.2 Å². The quantitative estimate of drug-likeness (QED) is 0.616.